The second-order valence-corrected chi connectivity index (χ2v) is 29.6. The molecule has 27 nitrogen and oxygen atoms in total. The Morgan fingerprint density at radius 1 is 1.02 bits per heavy atom. The van der Waals surface area contributed by atoms with Gasteiger partial charge in [-0.15, -0.1) is 0 Å². The first-order valence-electron chi connectivity index (χ1n) is 28.2. The van der Waals surface area contributed by atoms with Crippen molar-refractivity contribution in [3.8, 4) is 17.6 Å². The molecule has 1 fully saturated rings. The van der Waals surface area contributed by atoms with Gasteiger partial charge in [0.25, 0.3) is 21.7 Å². The van der Waals surface area contributed by atoms with Crippen LogP contribution in [0.1, 0.15) is 121 Å². The topological polar surface area (TPSA) is 373 Å². The van der Waals surface area contributed by atoms with Crippen LogP contribution in [0.3, 0.4) is 0 Å². The summed E-state index contributed by atoms with van der Waals surface area (Å²) in [5, 5.41) is 28.8. The number of amides is 2. The summed E-state index contributed by atoms with van der Waals surface area (Å²) in [4.78, 5) is 78.9. The number of allylic oxidation sites excluding steroid dienone is 4. The van der Waals surface area contributed by atoms with Crippen LogP contribution in [0, 0.1) is 34.3 Å². The van der Waals surface area contributed by atoms with E-state index in [0.717, 1.165) is 29.2 Å². The Hall–Kier alpha value is -6.21. The molecular weight excluding hydrogens is 1240 g/mol. The fraction of sp³-hybridized carbons (Fsp3) is 0.466. The number of hydrogen-bond acceptors (Lipinski definition) is 18. The number of rotatable bonds is 25. The van der Waals surface area contributed by atoms with E-state index in [1.165, 1.54) is 59.3 Å². The molecule has 3 aromatic rings. The maximum atomic E-state index is 13.3. The van der Waals surface area contributed by atoms with Crippen LogP contribution in [0.25, 0.3) is 0 Å². The van der Waals surface area contributed by atoms with Gasteiger partial charge in [0.2, 0.25) is 11.6 Å². The van der Waals surface area contributed by atoms with E-state index in [2.05, 4.69) is 110 Å². The van der Waals surface area contributed by atoms with E-state index in [-0.39, 0.29) is 69.6 Å². The Morgan fingerprint density at radius 3 is 2.37 bits per heavy atom. The van der Waals surface area contributed by atoms with Crippen LogP contribution < -0.4 is 20.3 Å². The largest absolute Gasteiger partial charge is 0.495 e. The maximum Gasteiger partial charge on any atom is 0.490 e. The van der Waals surface area contributed by atoms with Gasteiger partial charge in [0.15, 0.2) is 5.71 Å². The number of ether oxygens (including phenoxy) is 3. The summed E-state index contributed by atoms with van der Waals surface area (Å²) in [6, 6.07) is 13.8. The van der Waals surface area contributed by atoms with Gasteiger partial charge in [-0.3, -0.25) is 28.8 Å². The number of nitrogens with zero attached hydrogens (tertiary/aromatic N) is 4. The van der Waals surface area contributed by atoms with Gasteiger partial charge in [0.1, 0.15) is 30.4 Å². The average Bonchev–Trinajstić information content (AvgIpc) is 1.81. The molecule has 3 unspecified atom stereocenters. The average molecular weight is 1320 g/mol. The first-order chi connectivity index (χ1) is 41.3. The minimum atomic E-state index is -5.82. The van der Waals surface area contributed by atoms with Crippen LogP contribution in [0.15, 0.2) is 102 Å². The van der Waals surface area contributed by atoms with E-state index in [0.29, 0.717) is 25.8 Å². The highest BCUT2D eigenvalue weighted by molar-refractivity contribution is 7.85. The van der Waals surface area contributed by atoms with E-state index < -0.39 is 93.0 Å². The number of fused-ring (bicyclic) bond motifs is 2. The van der Waals surface area contributed by atoms with Gasteiger partial charge in [-0.25, -0.2) is 13.7 Å². The zero-order valence-electron chi connectivity index (χ0n) is 50.9. The van der Waals surface area contributed by atoms with Crippen LogP contribution >= 0.6 is 23.5 Å². The number of methoxy groups -OCH3 is 1. The van der Waals surface area contributed by atoms with Crippen LogP contribution in [-0.4, -0.2) is 128 Å². The minimum Gasteiger partial charge on any atom is -0.495 e. The number of nitro groups is 1. The zero-order chi connectivity index (χ0) is 66.0. The molecule has 2 amide bonds. The van der Waals surface area contributed by atoms with Crippen molar-refractivity contribution < 1.29 is 97.8 Å². The second-order valence-electron chi connectivity index (χ2n) is 23.7. The zero-order valence-corrected chi connectivity index (χ0v) is 54.4. The van der Waals surface area contributed by atoms with Gasteiger partial charge in [0, 0.05) is 72.6 Å². The normalized spacial score (nSPS) is 21.2. The number of aliphatic hydroxyl groups is 1. The van der Waals surface area contributed by atoms with Crippen LogP contribution in [0.4, 0.5) is 17.1 Å². The summed E-state index contributed by atoms with van der Waals surface area (Å²) in [6.45, 7) is 21.6. The van der Waals surface area contributed by atoms with Crippen molar-refractivity contribution in [3.05, 3.63) is 135 Å². The van der Waals surface area contributed by atoms with Gasteiger partial charge < -0.3 is 59.3 Å². The fourth-order valence-corrected chi connectivity index (χ4v) is 14.7. The molecule has 0 aliphatic carbocycles. The molecule has 7 rings (SSSR count). The number of unbranched alkanes of at least 4 members (excludes halogenated alkanes) is 2. The number of nitro benzene ring substituents is 1. The molecule has 0 spiro atoms. The molecule has 6 atom stereocenters. The molecule has 8 N–H and O–H groups in total. The molecule has 0 aromatic heterocycles. The summed E-state index contributed by atoms with van der Waals surface area (Å²) in [7, 11) is -20.1. The second kappa shape index (κ2) is 27.3. The fourth-order valence-electron chi connectivity index (χ4n) is 11.2. The van der Waals surface area contributed by atoms with Gasteiger partial charge in [0.05, 0.1) is 71.0 Å². The highest BCUT2D eigenvalue weighted by atomic mass is 32.2. The number of carbonyl (C=O) groups excluding carboxylic acids is 2. The van der Waals surface area contributed by atoms with E-state index in [1.807, 2.05) is 19.9 Å². The highest BCUT2D eigenvalue weighted by Gasteiger charge is 2.47. The van der Waals surface area contributed by atoms with Crippen molar-refractivity contribution in [2.24, 2.45) is 5.41 Å². The summed E-state index contributed by atoms with van der Waals surface area (Å²) in [6.07, 6.45) is 4.38. The molecule has 0 radical (unpaired) electrons. The quantitative estimate of drug-likeness (QED) is 0.00752. The standard InChI is InChI=1S/C58H75N6O21P3S/c1-12-61-44-24-22-36(2)28-42(44)57(7,8)50(61)19-16-20-51-58(9,10)43-30-40(89(77,78)79)23-25-45(43)62(51)27-15-13-14-21-52(66)59-26-17-18-38-29-46(64(68)69)41(31-48(38)80-11)54(56(4,5)6)81-34-39-33-63(37(3)60-55(39)67)53-32-47(65)49(83-53)35-82-87(73,74)85-88(75,76)84-86(70,71)72/h16,19-20,22-25,28-31,33,47,49,53-54,65H,3,12-15,21,26-27,32,34-35H2,1-2,4-11H3,(H6-,59,60,66,67,70,71,72,73,74,75,76,77,78,79)/p+1/t47?,49-,53-,54-/m1/s1. The number of aryl methyl sites for hydroxylation is 1. The van der Waals surface area contributed by atoms with Crippen molar-refractivity contribution in [1.82, 2.24) is 15.5 Å². The number of anilines is 1. The molecule has 4 aliphatic heterocycles. The molecule has 484 valence electrons. The first kappa shape index (κ1) is 70.3. The number of benzene rings is 3. The lowest BCUT2D eigenvalue weighted by atomic mass is 9.81. The number of hydrogen-bond donors (Lipinski definition) is 8. The molecule has 0 bridgehead atoms. The molecule has 4 aliphatic rings. The van der Waals surface area contributed by atoms with Crippen molar-refractivity contribution in [2.75, 3.05) is 44.9 Å². The Labute approximate surface area is 516 Å². The van der Waals surface area contributed by atoms with E-state index in [4.69, 9.17) is 24.0 Å². The van der Waals surface area contributed by atoms with Crippen molar-refractivity contribution in [3.63, 3.8) is 0 Å². The third-order valence-corrected chi connectivity index (χ3v) is 20.1. The molecule has 89 heavy (non-hydrogen) atoms. The van der Waals surface area contributed by atoms with E-state index in [9.17, 15) is 61.3 Å². The van der Waals surface area contributed by atoms with Crippen molar-refractivity contribution in [2.45, 2.75) is 135 Å². The van der Waals surface area contributed by atoms with Gasteiger partial charge in [-0.2, -0.15) is 21.6 Å². The third-order valence-electron chi connectivity index (χ3n) is 15.4. The number of carbonyl (C=O) groups is 2. The van der Waals surface area contributed by atoms with Gasteiger partial charge in [-0.05, 0) is 81.9 Å². The number of phosphoric acid groups is 3. The Kier molecular flexibility index (Phi) is 21.6. The Balaban J connectivity index is 0.976. The lowest BCUT2D eigenvalue weighted by Crippen LogP contribution is -2.44. The lowest BCUT2D eigenvalue weighted by Gasteiger charge is -2.35. The van der Waals surface area contributed by atoms with E-state index in [1.54, 1.807) is 26.8 Å². The summed E-state index contributed by atoms with van der Waals surface area (Å²) >= 11 is 0. The molecule has 3 aromatic carbocycles. The van der Waals surface area contributed by atoms with Crippen LogP contribution in [0.2, 0.25) is 0 Å². The highest BCUT2D eigenvalue weighted by Crippen LogP contribution is 2.66. The van der Waals surface area contributed by atoms with Gasteiger partial charge in [-0.1, -0.05) is 76.8 Å². The predicted molar refractivity (Wildman–Crippen MR) is 326 cm³/mol. The molecular formula is C58H76N6O21P3S+. The van der Waals surface area contributed by atoms with Crippen molar-refractivity contribution in [1.29, 1.82) is 0 Å². The minimum absolute atomic E-state index is 0.0282. The Bertz CT molecular complexity index is 3770. The number of likely N-dealkylation sites (N-methyl/N-ethyl adjacent to an activating group) is 1. The van der Waals surface area contributed by atoms with Crippen LogP contribution in [-0.2, 0) is 66.9 Å². The Morgan fingerprint density at radius 2 is 1.73 bits per heavy atom. The van der Waals surface area contributed by atoms with E-state index >= 15 is 0 Å². The smallest absolute Gasteiger partial charge is 0.490 e. The van der Waals surface area contributed by atoms with Crippen LogP contribution in [0.5, 0.6) is 5.75 Å². The third kappa shape index (κ3) is 16.9. The molecule has 31 heteroatoms. The molecule has 0 saturated carbocycles. The molecule has 4 heterocycles. The summed E-state index contributed by atoms with van der Waals surface area (Å²) in [5.41, 5.74) is 5.32. The molecule has 1 saturated heterocycles. The van der Waals surface area contributed by atoms with Crippen molar-refractivity contribution >= 4 is 68.2 Å². The monoisotopic (exact) mass is 1320 g/mol. The van der Waals surface area contributed by atoms with Gasteiger partial charge >= 0.3 is 23.5 Å². The number of nitrogens with one attached hydrogen (secondary N) is 2. The maximum absolute atomic E-state index is 13.3. The number of phosphoric ester groups is 1. The SMILES string of the molecule is C=C1NC(=O)C(CO[C@H](c2cc(OC)c(C#CCNC(=O)CCCCC[N+]3=C(C=CC=C4N(CC)c5ccc(C)cc5C4(C)C)C(C)(C)c4cc(S(=O)(=O)O)ccc43)cc2[N+](=O)[O-])C(C)(C)C)=CN1[C@H]1CC(O)[C@@H](COP(=O)(O)OP(=O)(O)OP(=O)(O)O)O1. The first-order valence-corrected chi connectivity index (χ1v) is 34.1. The summed E-state index contributed by atoms with van der Waals surface area (Å²) < 4.78 is 102. The number of aliphatic hydroxyl groups excluding tert-OH is 1. The predicted octanol–water partition coefficient (Wildman–Crippen LogP) is 8.23. The summed E-state index contributed by atoms with van der Waals surface area (Å²) in [5.74, 6) is 4.91. The lowest BCUT2D eigenvalue weighted by molar-refractivity contribution is -0.438.